The number of hydrogen-bond acceptors (Lipinski definition) is 8. The first kappa shape index (κ1) is 27.1. The minimum atomic E-state index is -0.645. The number of benzene rings is 1. The van der Waals surface area contributed by atoms with Crippen molar-refractivity contribution < 1.29 is 14.7 Å². The molecular weight excluding hydrogens is 480 g/mol. The second kappa shape index (κ2) is 13.6. The molecule has 0 atom stereocenters. The number of aliphatic hydroxyl groups is 1. The molecule has 1 aromatic heterocycles. The van der Waals surface area contributed by atoms with E-state index in [0.717, 1.165) is 37.4 Å². The number of amides is 2. The molecule has 10 nitrogen and oxygen atoms in total. The van der Waals surface area contributed by atoms with E-state index in [1.807, 2.05) is 6.07 Å². The number of rotatable bonds is 11. The quantitative estimate of drug-likeness (QED) is 0.305. The zero-order chi connectivity index (χ0) is 25.9. The standard InChI is InChI=1S/C25H32N6O4S/c1-2-31-24(35)21(36-25(31)20(16-26)23(34)28-10-14-32)17-29-19-8-5-7-18(15-19)22(33)27-9-6-13-30-11-3-4-12-30/h5,7-8,15,17,29,32H,2-4,6,9-14H2,1H3,(H,27,33)(H,28,34). The van der Waals surface area contributed by atoms with Crippen LogP contribution in [0.25, 0.3) is 11.8 Å². The van der Waals surface area contributed by atoms with Crippen LogP contribution in [0.2, 0.25) is 0 Å². The Balaban J connectivity index is 1.73. The molecular formula is C25H32N6O4S. The van der Waals surface area contributed by atoms with Crippen molar-refractivity contribution in [1.29, 1.82) is 5.26 Å². The molecule has 1 aliphatic heterocycles. The van der Waals surface area contributed by atoms with Crippen molar-refractivity contribution >= 4 is 40.6 Å². The van der Waals surface area contributed by atoms with Gasteiger partial charge in [-0.25, -0.2) is 0 Å². The van der Waals surface area contributed by atoms with E-state index >= 15 is 0 Å². The highest BCUT2D eigenvalue weighted by Gasteiger charge is 2.15. The van der Waals surface area contributed by atoms with Crippen molar-refractivity contribution in [3.05, 3.63) is 49.4 Å². The van der Waals surface area contributed by atoms with Gasteiger partial charge < -0.3 is 26.0 Å². The summed E-state index contributed by atoms with van der Waals surface area (Å²) < 4.78 is 1.92. The van der Waals surface area contributed by atoms with Crippen LogP contribution in [0.15, 0.2) is 29.1 Å². The van der Waals surface area contributed by atoms with Gasteiger partial charge in [-0.2, -0.15) is 5.26 Å². The third-order valence-corrected chi connectivity index (χ3v) is 6.93. The van der Waals surface area contributed by atoms with Gasteiger partial charge in [-0.3, -0.25) is 19.0 Å². The summed E-state index contributed by atoms with van der Waals surface area (Å²) in [6, 6.07) is 8.83. The highest BCUT2D eigenvalue weighted by Crippen LogP contribution is 2.11. The van der Waals surface area contributed by atoms with Crippen LogP contribution in [0.3, 0.4) is 0 Å². The smallest absolute Gasteiger partial charge is 0.270 e. The highest BCUT2D eigenvalue weighted by molar-refractivity contribution is 7.07. The molecule has 11 heteroatoms. The Morgan fingerprint density at radius 2 is 2.00 bits per heavy atom. The van der Waals surface area contributed by atoms with Crippen molar-refractivity contribution in [2.75, 3.05) is 44.6 Å². The average molecular weight is 513 g/mol. The van der Waals surface area contributed by atoms with Crippen LogP contribution in [-0.2, 0) is 11.3 Å². The molecule has 192 valence electrons. The number of likely N-dealkylation sites (tertiary alicyclic amines) is 1. The fraction of sp³-hybridized carbons (Fsp3) is 0.440. The van der Waals surface area contributed by atoms with Gasteiger partial charge in [0.05, 0.1) is 6.61 Å². The number of hydrogen-bond donors (Lipinski definition) is 4. The Morgan fingerprint density at radius 3 is 2.69 bits per heavy atom. The molecule has 2 heterocycles. The van der Waals surface area contributed by atoms with Crippen molar-refractivity contribution in [3.8, 4) is 6.07 Å². The first-order valence-electron chi connectivity index (χ1n) is 12.1. The largest absolute Gasteiger partial charge is 0.395 e. The van der Waals surface area contributed by atoms with E-state index < -0.39 is 5.91 Å². The molecule has 0 bridgehead atoms. The molecule has 0 unspecified atom stereocenters. The summed E-state index contributed by atoms with van der Waals surface area (Å²) >= 11 is 1.03. The van der Waals surface area contributed by atoms with Gasteiger partial charge in [-0.05, 0) is 64.0 Å². The number of nitrogens with zero attached hydrogens (tertiary/aromatic N) is 3. The van der Waals surface area contributed by atoms with E-state index in [-0.39, 0.29) is 41.4 Å². The predicted molar refractivity (Wildman–Crippen MR) is 140 cm³/mol. The molecule has 0 spiro atoms. The van der Waals surface area contributed by atoms with Gasteiger partial charge in [0.2, 0.25) is 0 Å². The summed E-state index contributed by atoms with van der Waals surface area (Å²) in [7, 11) is 0. The van der Waals surface area contributed by atoms with Gasteiger partial charge in [-0.15, -0.1) is 11.3 Å². The van der Waals surface area contributed by atoms with Gasteiger partial charge in [0.1, 0.15) is 15.3 Å². The van der Waals surface area contributed by atoms with Crippen LogP contribution in [0.5, 0.6) is 0 Å². The number of aliphatic hydroxyl groups excluding tert-OH is 1. The number of nitrogens with one attached hydrogen (secondary N) is 3. The Morgan fingerprint density at radius 1 is 1.22 bits per heavy atom. The van der Waals surface area contributed by atoms with Crippen LogP contribution in [0.1, 0.15) is 36.5 Å². The summed E-state index contributed by atoms with van der Waals surface area (Å²) in [6.07, 6.45) is 4.91. The second-order valence-corrected chi connectivity index (χ2v) is 9.35. The van der Waals surface area contributed by atoms with Crippen molar-refractivity contribution in [1.82, 2.24) is 20.1 Å². The molecule has 1 saturated heterocycles. The number of anilines is 1. The van der Waals surface area contributed by atoms with Gasteiger partial charge in [0.25, 0.3) is 17.4 Å². The number of thiazole rings is 1. The van der Waals surface area contributed by atoms with Gasteiger partial charge in [0, 0.05) is 37.1 Å². The van der Waals surface area contributed by atoms with E-state index in [0.29, 0.717) is 22.3 Å². The summed E-state index contributed by atoms with van der Waals surface area (Å²) in [6.45, 7) is 5.66. The SMILES string of the molecule is CCn1c(=C(C#N)C(=O)NCCO)sc(=CNc2cccc(C(=O)NCCCN3CCCC3)c2)c1=O. The zero-order valence-electron chi connectivity index (χ0n) is 20.4. The Kier molecular flexibility index (Phi) is 10.2. The average Bonchev–Trinajstić information content (AvgIpc) is 3.52. The lowest BCUT2D eigenvalue weighted by Crippen LogP contribution is -2.35. The van der Waals surface area contributed by atoms with Crippen LogP contribution >= 0.6 is 11.3 Å². The number of carbonyl (C=O) groups is 2. The fourth-order valence-corrected chi connectivity index (χ4v) is 5.04. The Hall–Kier alpha value is -3.46. The van der Waals surface area contributed by atoms with Crippen LogP contribution in [0, 0.1) is 11.3 Å². The molecule has 1 fully saturated rings. The van der Waals surface area contributed by atoms with E-state index in [1.54, 1.807) is 31.2 Å². The first-order valence-corrected chi connectivity index (χ1v) is 12.9. The minimum absolute atomic E-state index is 0.00858. The third kappa shape index (κ3) is 7.04. The maximum Gasteiger partial charge on any atom is 0.270 e. The molecule has 1 aliphatic rings. The van der Waals surface area contributed by atoms with Crippen LogP contribution in [-0.4, -0.2) is 65.7 Å². The van der Waals surface area contributed by atoms with Crippen LogP contribution < -0.4 is 30.7 Å². The number of aromatic nitrogens is 1. The summed E-state index contributed by atoms with van der Waals surface area (Å²) in [5, 5.41) is 26.9. The lowest BCUT2D eigenvalue weighted by atomic mass is 10.2. The zero-order valence-corrected chi connectivity index (χ0v) is 21.2. The number of carbonyl (C=O) groups excluding carboxylic acids is 2. The Labute approximate surface area is 213 Å². The molecule has 1 aromatic carbocycles. The molecule has 3 rings (SSSR count). The molecule has 0 saturated carbocycles. The predicted octanol–water partition coefficient (Wildman–Crippen LogP) is -0.222. The monoisotopic (exact) mass is 512 g/mol. The summed E-state index contributed by atoms with van der Waals surface area (Å²) in [4.78, 5) is 40.1. The lowest BCUT2D eigenvalue weighted by Gasteiger charge is -2.14. The van der Waals surface area contributed by atoms with E-state index in [4.69, 9.17) is 5.11 Å². The Bertz CT molecular complexity index is 1290. The van der Waals surface area contributed by atoms with E-state index in [9.17, 15) is 19.6 Å². The molecule has 4 N–H and O–H groups in total. The third-order valence-electron chi connectivity index (χ3n) is 5.80. The summed E-state index contributed by atoms with van der Waals surface area (Å²) in [5.74, 6) is -0.803. The van der Waals surface area contributed by atoms with Gasteiger partial charge >= 0.3 is 0 Å². The molecule has 2 aromatic rings. The van der Waals surface area contributed by atoms with Crippen molar-refractivity contribution in [2.45, 2.75) is 32.7 Å². The van der Waals surface area contributed by atoms with Gasteiger partial charge in [-0.1, -0.05) is 6.07 Å². The maximum atomic E-state index is 12.9. The van der Waals surface area contributed by atoms with Crippen molar-refractivity contribution in [2.24, 2.45) is 0 Å². The highest BCUT2D eigenvalue weighted by atomic mass is 32.1. The van der Waals surface area contributed by atoms with Gasteiger partial charge in [0.15, 0.2) is 5.57 Å². The van der Waals surface area contributed by atoms with E-state index in [1.165, 1.54) is 23.6 Å². The fourth-order valence-electron chi connectivity index (χ4n) is 3.96. The molecule has 0 aliphatic carbocycles. The first-order chi connectivity index (χ1) is 17.5. The second-order valence-electron chi connectivity index (χ2n) is 8.31. The molecule has 36 heavy (non-hydrogen) atoms. The number of nitriles is 1. The minimum Gasteiger partial charge on any atom is -0.395 e. The molecule has 2 amide bonds. The van der Waals surface area contributed by atoms with Crippen molar-refractivity contribution in [3.63, 3.8) is 0 Å². The lowest BCUT2D eigenvalue weighted by molar-refractivity contribution is -0.115. The topological polar surface area (TPSA) is 139 Å². The van der Waals surface area contributed by atoms with E-state index in [2.05, 4.69) is 20.9 Å². The maximum absolute atomic E-state index is 12.9. The summed E-state index contributed by atoms with van der Waals surface area (Å²) in [5.41, 5.74) is 0.616. The molecule has 0 radical (unpaired) electrons. The normalized spacial score (nSPS) is 14.9. The van der Waals surface area contributed by atoms with Crippen LogP contribution in [0.4, 0.5) is 5.69 Å².